The summed E-state index contributed by atoms with van der Waals surface area (Å²) in [5, 5.41) is 14.1. The number of thioether (sulfide) groups is 1. The van der Waals surface area contributed by atoms with Crippen LogP contribution in [0, 0.1) is 10.1 Å². The minimum Gasteiger partial charge on any atom is -0.464 e. The smallest absolute Gasteiger partial charge is 0.329 e. The third-order valence-electron chi connectivity index (χ3n) is 5.63. The molecule has 0 bridgehead atoms. The summed E-state index contributed by atoms with van der Waals surface area (Å²) in [5.74, 6) is -1.14. The van der Waals surface area contributed by atoms with Crippen molar-refractivity contribution >= 4 is 51.7 Å². The Bertz CT molecular complexity index is 1130. The molecule has 0 fully saturated rings. The van der Waals surface area contributed by atoms with Gasteiger partial charge in [-0.3, -0.25) is 14.5 Å². The number of unbranched alkanes of at least 4 members (excludes halogenated alkanes) is 1. The van der Waals surface area contributed by atoms with Crippen LogP contribution in [0.4, 0.5) is 0 Å². The van der Waals surface area contributed by atoms with Crippen LogP contribution in [0.2, 0.25) is 5.02 Å². The monoisotopic (exact) mass is 569 g/mol. The molecule has 0 saturated carbocycles. The Kier molecular flexibility index (Phi) is 11.2. The first kappa shape index (κ1) is 28.9. The van der Waals surface area contributed by atoms with E-state index in [-0.39, 0.29) is 24.1 Å². The highest BCUT2D eigenvalue weighted by Gasteiger charge is 2.25. The first-order valence-electron chi connectivity index (χ1n) is 11.7. The molecule has 1 N–H and O–H groups in total. The predicted octanol–water partition coefficient (Wildman–Crippen LogP) is 3.87. The lowest BCUT2D eigenvalue weighted by atomic mass is 10.1. The van der Waals surface area contributed by atoms with E-state index in [9.17, 15) is 24.5 Å². The van der Waals surface area contributed by atoms with Crippen LogP contribution in [0.25, 0.3) is 0 Å². The van der Waals surface area contributed by atoms with Crippen molar-refractivity contribution in [3.63, 3.8) is 0 Å². The summed E-state index contributed by atoms with van der Waals surface area (Å²) in [4.78, 5) is 55.3. The minimum absolute atomic E-state index is 0.00866. The van der Waals surface area contributed by atoms with Crippen molar-refractivity contribution in [2.45, 2.75) is 45.3 Å². The SMILES string of the molecule is CC(=O)NC(CSC(=O)c1cccc(Cl)c1CN1CCc2sccc2C1)C(=O)OCCCCO[N+](=O)[O-]. The van der Waals surface area contributed by atoms with Crippen molar-refractivity contribution < 1.29 is 29.0 Å². The van der Waals surface area contributed by atoms with E-state index in [1.54, 1.807) is 29.5 Å². The van der Waals surface area contributed by atoms with Gasteiger partial charge >= 0.3 is 5.97 Å². The molecule has 0 radical (unpaired) electrons. The number of thiophene rings is 1. The van der Waals surface area contributed by atoms with E-state index < -0.39 is 23.0 Å². The number of hydrogen-bond donors (Lipinski definition) is 1. The fourth-order valence-electron chi connectivity index (χ4n) is 3.84. The van der Waals surface area contributed by atoms with Gasteiger partial charge in [-0.05, 0) is 47.9 Å². The second-order valence-electron chi connectivity index (χ2n) is 8.38. The van der Waals surface area contributed by atoms with Crippen molar-refractivity contribution in [3.05, 3.63) is 66.3 Å². The maximum Gasteiger partial charge on any atom is 0.329 e. The van der Waals surface area contributed by atoms with Crippen LogP contribution in [0.15, 0.2) is 29.6 Å². The van der Waals surface area contributed by atoms with Crippen molar-refractivity contribution in [2.75, 3.05) is 25.5 Å². The summed E-state index contributed by atoms with van der Waals surface area (Å²) in [6.45, 7) is 3.36. The van der Waals surface area contributed by atoms with E-state index in [1.165, 1.54) is 17.4 Å². The number of esters is 1. The number of ether oxygens (including phenoxy) is 1. The first-order chi connectivity index (χ1) is 17.7. The predicted molar refractivity (Wildman–Crippen MR) is 141 cm³/mol. The van der Waals surface area contributed by atoms with Gasteiger partial charge in [0.05, 0.1) is 13.2 Å². The molecule has 1 aliphatic heterocycles. The highest BCUT2D eigenvalue weighted by Crippen LogP contribution is 2.29. The van der Waals surface area contributed by atoms with E-state index in [4.69, 9.17) is 16.3 Å². The van der Waals surface area contributed by atoms with Gasteiger partial charge in [-0.2, -0.15) is 0 Å². The van der Waals surface area contributed by atoms with E-state index in [0.29, 0.717) is 30.0 Å². The van der Waals surface area contributed by atoms with Crippen molar-refractivity contribution in [1.29, 1.82) is 0 Å². The summed E-state index contributed by atoms with van der Waals surface area (Å²) >= 11 is 9.17. The van der Waals surface area contributed by atoms with Crippen LogP contribution >= 0.6 is 34.7 Å². The zero-order valence-corrected chi connectivity index (χ0v) is 22.7. The zero-order valence-electron chi connectivity index (χ0n) is 20.3. The topological polar surface area (TPSA) is 128 Å². The highest BCUT2D eigenvalue weighted by atomic mass is 35.5. The Balaban J connectivity index is 1.57. The Morgan fingerprint density at radius 2 is 2.05 bits per heavy atom. The molecular weight excluding hydrogens is 542 g/mol. The van der Waals surface area contributed by atoms with Crippen LogP contribution < -0.4 is 5.32 Å². The Hall–Kier alpha value is -2.67. The number of carbonyl (C=O) groups excluding carboxylic acids is 3. The molecule has 37 heavy (non-hydrogen) atoms. The molecule has 0 saturated heterocycles. The lowest BCUT2D eigenvalue weighted by molar-refractivity contribution is -0.757. The molecule has 1 unspecified atom stereocenters. The van der Waals surface area contributed by atoms with Gasteiger partial charge in [-0.15, -0.1) is 21.5 Å². The Morgan fingerprint density at radius 1 is 1.27 bits per heavy atom. The number of fused-ring (bicyclic) bond motifs is 1. The van der Waals surface area contributed by atoms with Crippen molar-refractivity contribution in [3.8, 4) is 0 Å². The molecule has 1 aliphatic rings. The molecule has 1 aromatic carbocycles. The maximum absolute atomic E-state index is 13.2. The quantitative estimate of drug-likeness (QED) is 0.165. The van der Waals surface area contributed by atoms with Crippen LogP contribution in [0.3, 0.4) is 0 Å². The Labute approximate surface area is 227 Å². The van der Waals surface area contributed by atoms with E-state index in [0.717, 1.165) is 36.8 Å². The fourth-order valence-corrected chi connectivity index (χ4v) is 5.85. The average molecular weight is 570 g/mol. The largest absolute Gasteiger partial charge is 0.464 e. The van der Waals surface area contributed by atoms with Crippen LogP contribution in [-0.4, -0.2) is 58.5 Å². The average Bonchev–Trinajstić information content (AvgIpc) is 3.32. The van der Waals surface area contributed by atoms with E-state index in [2.05, 4.69) is 26.5 Å². The third kappa shape index (κ3) is 8.99. The number of halogens is 1. The molecule has 1 amide bonds. The second kappa shape index (κ2) is 14.3. The van der Waals surface area contributed by atoms with Gasteiger partial charge in [0.15, 0.2) is 0 Å². The first-order valence-corrected chi connectivity index (χ1v) is 13.9. The van der Waals surface area contributed by atoms with Gasteiger partial charge in [-0.25, -0.2) is 4.79 Å². The van der Waals surface area contributed by atoms with Crippen molar-refractivity contribution in [1.82, 2.24) is 10.2 Å². The molecule has 1 aromatic heterocycles. The molecule has 10 nitrogen and oxygen atoms in total. The molecule has 2 aromatic rings. The lowest BCUT2D eigenvalue weighted by Crippen LogP contribution is -2.43. The summed E-state index contributed by atoms with van der Waals surface area (Å²) in [6.07, 6.45) is 1.64. The van der Waals surface area contributed by atoms with Gasteiger partial charge in [0.1, 0.15) is 6.04 Å². The number of benzene rings is 1. The number of hydrogen-bond acceptors (Lipinski definition) is 10. The van der Waals surface area contributed by atoms with Gasteiger partial charge in [0.25, 0.3) is 5.09 Å². The standard InChI is InChI=1S/C24H28ClN3O7S2/c1-16(29)26-21(23(30)34-10-2-3-11-35-28(32)33)15-37-24(31)18-5-4-6-20(25)19(18)14-27-9-7-22-17(13-27)8-12-36-22/h4-6,8,12,21H,2-3,7,9-11,13-15H2,1H3,(H,26,29). The van der Waals surface area contributed by atoms with Gasteiger partial charge in [0, 0.05) is 47.8 Å². The third-order valence-corrected chi connectivity index (χ3v) is 7.99. The molecule has 0 spiro atoms. The van der Waals surface area contributed by atoms with E-state index >= 15 is 0 Å². The number of carbonyl (C=O) groups is 3. The van der Waals surface area contributed by atoms with Gasteiger partial charge < -0.3 is 14.9 Å². The van der Waals surface area contributed by atoms with Crippen LogP contribution in [0.5, 0.6) is 0 Å². The molecular formula is C24H28ClN3O7S2. The summed E-state index contributed by atoms with van der Waals surface area (Å²) in [5.41, 5.74) is 2.50. The highest BCUT2D eigenvalue weighted by molar-refractivity contribution is 8.14. The number of rotatable bonds is 13. The molecule has 0 aliphatic carbocycles. The fraction of sp³-hybridized carbons (Fsp3) is 0.458. The van der Waals surface area contributed by atoms with Crippen molar-refractivity contribution in [2.24, 2.45) is 0 Å². The molecule has 13 heteroatoms. The summed E-state index contributed by atoms with van der Waals surface area (Å²) in [6, 6.07) is 6.29. The van der Waals surface area contributed by atoms with Crippen LogP contribution in [-0.2, 0) is 38.7 Å². The summed E-state index contributed by atoms with van der Waals surface area (Å²) < 4.78 is 5.18. The molecule has 3 rings (SSSR count). The Morgan fingerprint density at radius 3 is 2.81 bits per heavy atom. The molecule has 2 heterocycles. The molecule has 200 valence electrons. The summed E-state index contributed by atoms with van der Waals surface area (Å²) in [7, 11) is 0. The minimum atomic E-state index is -1.02. The zero-order chi connectivity index (χ0) is 26.8. The van der Waals surface area contributed by atoms with Gasteiger partial charge in [-0.1, -0.05) is 35.5 Å². The van der Waals surface area contributed by atoms with Crippen LogP contribution in [0.1, 0.15) is 46.1 Å². The normalized spacial score (nSPS) is 13.9. The number of nitrogens with one attached hydrogen (secondary N) is 1. The van der Waals surface area contributed by atoms with Gasteiger partial charge in [0.2, 0.25) is 11.0 Å². The number of nitrogens with zero attached hydrogens (tertiary/aromatic N) is 2. The molecule has 1 atom stereocenters. The number of amides is 1. The lowest BCUT2D eigenvalue weighted by Gasteiger charge is -2.28. The maximum atomic E-state index is 13.2. The second-order valence-corrected chi connectivity index (χ2v) is 10.8. The van der Waals surface area contributed by atoms with E-state index in [1.807, 2.05) is 0 Å².